The molecular formula is C18H19FN2O3. The zero-order chi connectivity index (χ0) is 16.9. The number of nitrogens with one attached hydrogen (secondary N) is 1. The number of morpholine rings is 1. The Hall–Kier alpha value is -2.60. The summed E-state index contributed by atoms with van der Waals surface area (Å²) in [7, 11) is 1.53. The molecular weight excluding hydrogens is 311 g/mol. The molecule has 0 saturated carbocycles. The van der Waals surface area contributed by atoms with Crippen LogP contribution in [0.15, 0.2) is 42.5 Å². The molecule has 2 aromatic rings. The standard InChI is InChI=1S/C18H19FN2O3/c1-23-15-4-2-3-13(11-15)18(22)20-17-12-14(5-6-16(17)19)21-7-9-24-10-8-21/h2-6,11-12H,7-10H2,1H3,(H,20,22). The minimum absolute atomic E-state index is 0.159. The summed E-state index contributed by atoms with van der Waals surface area (Å²) in [6, 6.07) is 11.5. The number of anilines is 2. The number of hydrogen-bond acceptors (Lipinski definition) is 4. The van der Waals surface area contributed by atoms with E-state index in [1.807, 2.05) is 0 Å². The first-order chi connectivity index (χ1) is 11.7. The van der Waals surface area contributed by atoms with Crippen LogP contribution in [-0.4, -0.2) is 39.3 Å². The Morgan fingerprint density at radius 1 is 1.21 bits per heavy atom. The monoisotopic (exact) mass is 330 g/mol. The van der Waals surface area contributed by atoms with Crippen LogP contribution < -0.4 is 15.0 Å². The van der Waals surface area contributed by atoms with Crippen molar-refractivity contribution in [1.82, 2.24) is 0 Å². The number of halogens is 1. The van der Waals surface area contributed by atoms with Gasteiger partial charge < -0.3 is 19.7 Å². The van der Waals surface area contributed by atoms with Crippen molar-refractivity contribution in [3.63, 3.8) is 0 Å². The van der Waals surface area contributed by atoms with Crippen molar-refractivity contribution in [3.05, 3.63) is 53.8 Å². The molecule has 3 rings (SSSR count). The number of benzene rings is 2. The number of rotatable bonds is 4. The summed E-state index contributed by atoms with van der Waals surface area (Å²) in [5, 5.41) is 2.63. The van der Waals surface area contributed by atoms with Gasteiger partial charge in [0.1, 0.15) is 11.6 Å². The second kappa shape index (κ2) is 7.31. The van der Waals surface area contributed by atoms with Crippen LogP contribution in [0.1, 0.15) is 10.4 Å². The van der Waals surface area contributed by atoms with E-state index in [0.717, 1.165) is 18.8 Å². The second-order valence-electron chi connectivity index (χ2n) is 5.45. The minimum Gasteiger partial charge on any atom is -0.497 e. The van der Waals surface area contributed by atoms with Crippen molar-refractivity contribution >= 4 is 17.3 Å². The zero-order valence-corrected chi connectivity index (χ0v) is 13.4. The molecule has 0 aliphatic carbocycles. The van der Waals surface area contributed by atoms with Crippen LogP contribution in [0.25, 0.3) is 0 Å². The van der Waals surface area contributed by atoms with Gasteiger partial charge in [-0.2, -0.15) is 0 Å². The number of ether oxygens (including phenoxy) is 2. The molecule has 24 heavy (non-hydrogen) atoms. The molecule has 5 nitrogen and oxygen atoms in total. The van der Waals surface area contributed by atoms with Gasteiger partial charge in [0, 0.05) is 24.3 Å². The molecule has 0 bridgehead atoms. The average molecular weight is 330 g/mol. The normalized spacial score (nSPS) is 14.3. The first-order valence-electron chi connectivity index (χ1n) is 7.75. The fourth-order valence-corrected chi connectivity index (χ4v) is 2.59. The molecule has 1 aliphatic heterocycles. The van der Waals surface area contributed by atoms with E-state index in [0.29, 0.717) is 24.5 Å². The van der Waals surface area contributed by atoms with Gasteiger partial charge in [0.2, 0.25) is 0 Å². The predicted octanol–water partition coefficient (Wildman–Crippen LogP) is 2.92. The van der Waals surface area contributed by atoms with E-state index in [4.69, 9.17) is 9.47 Å². The van der Waals surface area contributed by atoms with Crippen LogP contribution in [-0.2, 0) is 4.74 Å². The van der Waals surface area contributed by atoms with Gasteiger partial charge in [0.05, 0.1) is 26.0 Å². The summed E-state index contributed by atoms with van der Waals surface area (Å²) in [6.45, 7) is 2.77. The van der Waals surface area contributed by atoms with Crippen molar-refractivity contribution in [2.24, 2.45) is 0 Å². The third kappa shape index (κ3) is 3.65. The van der Waals surface area contributed by atoms with Gasteiger partial charge >= 0.3 is 0 Å². The molecule has 0 unspecified atom stereocenters. The Balaban J connectivity index is 1.79. The quantitative estimate of drug-likeness (QED) is 0.936. The van der Waals surface area contributed by atoms with E-state index in [-0.39, 0.29) is 11.6 Å². The van der Waals surface area contributed by atoms with Gasteiger partial charge in [-0.1, -0.05) is 6.07 Å². The topological polar surface area (TPSA) is 50.8 Å². The maximum absolute atomic E-state index is 14.1. The summed E-state index contributed by atoms with van der Waals surface area (Å²) < 4.78 is 24.5. The highest BCUT2D eigenvalue weighted by molar-refractivity contribution is 6.04. The largest absolute Gasteiger partial charge is 0.497 e. The van der Waals surface area contributed by atoms with Crippen LogP contribution in [0, 0.1) is 5.82 Å². The number of amides is 1. The summed E-state index contributed by atoms with van der Waals surface area (Å²) in [4.78, 5) is 14.5. The van der Waals surface area contributed by atoms with Gasteiger partial charge in [-0.3, -0.25) is 4.79 Å². The molecule has 0 atom stereocenters. The summed E-state index contributed by atoms with van der Waals surface area (Å²) in [6.07, 6.45) is 0. The van der Waals surface area contributed by atoms with E-state index in [2.05, 4.69) is 10.2 Å². The van der Waals surface area contributed by atoms with E-state index in [9.17, 15) is 9.18 Å². The van der Waals surface area contributed by atoms with Gasteiger partial charge in [-0.15, -0.1) is 0 Å². The molecule has 2 aromatic carbocycles. The lowest BCUT2D eigenvalue weighted by atomic mass is 10.2. The maximum atomic E-state index is 14.1. The predicted molar refractivity (Wildman–Crippen MR) is 90.4 cm³/mol. The van der Waals surface area contributed by atoms with Crippen molar-refractivity contribution in [2.75, 3.05) is 43.6 Å². The van der Waals surface area contributed by atoms with Gasteiger partial charge in [0.25, 0.3) is 5.91 Å². The molecule has 0 radical (unpaired) electrons. The number of hydrogen-bond donors (Lipinski definition) is 1. The van der Waals surface area contributed by atoms with E-state index >= 15 is 0 Å². The third-order valence-electron chi connectivity index (χ3n) is 3.91. The highest BCUT2D eigenvalue weighted by Crippen LogP contribution is 2.24. The Kier molecular flexibility index (Phi) is 4.96. The van der Waals surface area contributed by atoms with Crippen molar-refractivity contribution in [3.8, 4) is 5.75 Å². The van der Waals surface area contributed by atoms with E-state index in [1.54, 1.807) is 36.4 Å². The van der Waals surface area contributed by atoms with Gasteiger partial charge in [-0.05, 0) is 36.4 Å². The minimum atomic E-state index is -0.469. The number of carbonyl (C=O) groups excluding carboxylic acids is 1. The molecule has 1 aliphatic rings. The fourth-order valence-electron chi connectivity index (χ4n) is 2.59. The van der Waals surface area contributed by atoms with Crippen LogP contribution in [0.3, 0.4) is 0 Å². The molecule has 6 heteroatoms. The number of methoxy groups -OCH3 is 1. The Morgan fingerprint density at radius 3 is 2.75 bits per heavy atom. The number of carbonyl (C=O) groups is 1. The Bertz CT molecular complexity index is 730. The smallest absolute Gasteiger partial charge is 0.255 e. The molecule has 0 aromatic heterocycles. The molecule has 1 N–H and O–H groups in total. The first kappa shape index (κ1) is 16.3. The van der Waals surface area contributed by atoms with Crippen molar-refractivity contribution in [1.29, 1.82) is 0 Å². The molecule has 1 heterocycles. The third-order valence-corrected chi connectivity index (χ3v) is 3.91. The van der Waals surface area contributed by atoms with E-state index < -0.39 is 5.82 Å². The molecule has 1 saturated heterocycles. The van der Waals surface area contributed by atoms with Crippen molar-refractivity contribution < 1.29 is 18.7 Å². The highest BCUT2D eigenvalue weighted by atomic mass is 19.1. The first-order valence-corrected chi connectivity index (χ1v) is 7.75. The number of nitrogens with zero attached hydrogens (tertiary/aromatic N) is 1. The van der Waals surface area contributed by atoms with Crippen LogP contribution in [0.5, 0.6) is 5.75 Å². The summed E-state index contributed by atoms with van der Waals surface area (Å²) >= 11 is 0. The Labute approximate surface area is 140 Å². The lowest BCUT2D eigenvalue weighted by molar-refractivity contribution is 0.102. The average Bonchev–Trinajstić information content (AvgIpc) is 2.64. The van der Waals surface area contributed by atoms with Crippen LogP contribution in [0.4, 0.5) is 15.8 Å². The lowest BCUT2D eigenvalue weighted by Gasteiger charge is -2.29. The zero-order valence-electron chi connectivity index (χ0n) is 13.4. The lowest BCUT2D eigenvalue weighted by Crippen LogP contribution is -2.36. The SMILES string of the molecule is COc1cccc(C(=O)Nc2cc(N3CCOCC3)ccc2F)c1. The Morgan fingerprint density at radius 2 is 2.00 bits per heavy atom. The second-order valence-corrected chi connectivity index (χ2v) is 5.45. The van der Waals surface area contributed by atoms with Gasteiger partial charge in [-0.25, -0.2) is 4.39 Å². The molecule has 0 spiro atoms. The molecule has 1 fully saturated rings. The fraction of sp³-hybridized carbons (Fsp3) is 0.278. The van der Waals surface area contributed by atoms with Crippen molar-refractivity contribution in [2.45, 2.75) is 0 Å². The van der Waals surface area contributed by atoms with Crippen LogP contribution in [0.2, 0.25) is 0 Å². The molecule has 126 valence electrons. The van der Waals surface area contributed by atoms with Crippen LogP contribution >= 0.6 is 0 Å². The van der Waals surface area contributed by atoms with Gasteiger partial charge in [0.15, 0.2) is 0 Å². The molecule has 1 amide bonds. The maximum Gasteiger partial charge on any atom is 0.255 e. The highest BCUT2D eigenvalue weighted by Gasteiger charge is 2.15. The summed E-state index contributed by atoms with van der Waals surface area (Å²) in [5.74, 6) is -0.277. The van der Waals surface area contributed by atoms with E-state index in [1.165, 1.54) is 13.2 Å². The summed E-state index contributed by atoms with van der Waals surface area (Å²) in [5.41, 5.74) is 1.43.